The lowest BCUT2D eigenvalue weighted by Gasteiger charge is -2.13. The van der Waals surface area contributed by atoms with E-state index in [9.17, 15) is 18.0 Å². The average Bonchev–Trinajstić information content (AvgIpc) is 2.12. The van der Waals surface area contributed by atoms with Crippen molar-refractivity contribution in [3.05, 3.63) is 0 Å². The Morgan fingerprint density at radius 3 is 2.19 bits per heavy atom. The smallest absolute Gasteiger partial charge is 0.304 e. The first-order valence-corrected chi connectivity index (χ1v) is 6.52. The van der Waals surface area contributed by atoms with Gasteiger partial charge in [0.1, 0.15) is 0 Å². The largest absolute Gasteiger partial charge is 0.481 e. The molecule has 6 nitrogen and oxygen atoms in total. The van der Waals surface area contributed by atoms with Crippen LogP contribution in [0.5, 0.6) is 0 Å². The van der Waals surface area contributed by atoms with Gasteiger partial charge in [-0.25, -0.2) is 8.42 Å². The van der Waals surface area contributed by atoms with Crippen LogP contribution < -0.4 is 0 Å². The second-order valence-electron chi connectivity index (χ2n) is 3.81. The summed E-state index contributed by atoms with van der Waals surface area (Å²) in [6.07, 6.45) is -0.544. The summed E-state index contributed by atoms with van der Waals surface area (Å²) in [6.45, 7) is 1.34. The first-order chi connectivity index (χ1) is 7.16. The molecule has 1 N–H and O–H groups in total. The average molecular weight is 251 g/mol. The maximum absolute atomic E-state index is 11.6. The van der Waals surface area contributed by atoms with E-state index in [0.29, 0.717) is 0 Å². The molecule has 0 aliphatic carbocycles. The van der Waals surface area contributed by atoms with Gasteiger partial charge in [-0.1, -0.05) is 0 Å². The molecular formula is C9H17NO5S. The summed E-state index contributed by atoms with van der Waals surface area (Å²) in [4.78, 5) is 22.8. The Kier molecular flexibility index (Phi) is 5.43. The van der Waals surface area contributed by atoms with Crippen LogP contribution in [0.2, 0.25) is 0 Å². The number of sulfone groups is 1. The fourth-order valence-corrected chi connectivity index (χ4v) is 2.29. The highest BCUT2D eigenvalue weighted by molar-refractivity contribution is 7.92. The quantitative estimate of drug-likeness (QED) is 0.702. The number of nitrogens with zero attached hydrogens (tertiary/aromatic N) is 1. The number of carboxylic acids is 1. The van der Waals surface area contributed by atoms with Gasteiger partial charge < -0.3 is 10.0 Å². The lowest BCUT2D eigenvalue weighted by Crippen LogP contribution is -2.28. The summed E-state index contributed by atoms with van der Waals surface area (Å²) in [7, 11) is -0.438. The van der Waals surface area contributed by atoms with Crippen molar-refractivity contribution in [2.75, 3.05) is 19.8 Å². The van der Waals surface area contributed by atoms with E-state index in [2.05, 4.69) is 0 Å². The van der Waals surface area contributed by atoms with Crippen LogP contribution >= 0.6 is 0 Å². The van der Waals surface area contributed by atoms with Crippen LogP contribution in [0.1, 0.15) is 19.8 Å². The number of amides is 1. The monoisotopic (exact) mass is 251 g/mol. The summed E-state index contributed by atoms with van der Waals surface area (Å²) >= 11 is 0. The third-order valence-corrected chi connectivity index (χ3v) is 4.34. The molecule has 1 amide bonds. The standard InChI is InChI=1S/C9H17NO5S/c1-7(6-9(12)13)16(14,15)5-4-8(11)10(2)3/h7H,4-6H2,1-3H3,(H,12,13). The Labute approximate surface area is 95.2 Å². The molecule has 1 unspecified atom stereocenters. The van der Waals surface area contributed by atoms with E-state index in [0.717, 1.165) is 0 Å². The predicted octanol–water partition coefficient (Wildman–Crippen LogP) is -0.257. The highest BCUT2D eigenvalue weighted by atomic mass is 32.2. The van der Waals surface area contributed by atoms with Crippen LogP contribution in [0, 0.1) is 0 Å². The predicted molar refractivity (Wildman–Crippen MR) is 58.8 cm³/mol. The molecule has 0 saturated carbocycles. The van der Waals surface area contributed by atoms with Gasteiger partial charge in [0.2, 0.25) is 5.91 Å². The number of carbonyl (C=O) groups excluding carboxylic acids is 1. The minimum absolute atomic E-state index is 0.112. The van der Waals surface area contributed by atoms with Crippen molar-refractivity contribution < 1.29 is 23.1 Å². The number of hydrogen-bond acceptors (Lipinski definition) is 4. The molecule has 0 aliphatic heterocycles. The van der Waals surface area contributed by atoms with Crippen molar-refractivity contribution in [3.8, 4) is 0 Å². The van der Waals surface area contributed by atoms with E-state index >= 15 is 0 Å². The highest BCUT2D eigenvalue weighted by Gasteiger charge is 2.24. The van der Waals surface area contributed by atoms with Crippen LogP contribution in [0.3, 0.4) is 0 Å². The highest BCUT2D eigenvalue weighted by Crippen LogP contribution is 2.08. The zero-order valence-electron chi connectivity index (χ0n) is 9.63. The Hall–Kier alpha value is -1.11. The van der Waals surface area contributed by atoms with Gasteiger partial charge in [-0.05, 0) is 6.92 Å². The Morgan fingerprint density at radius 1 is 1.31 bits per heavy atom. The molecule has 16 heavy (non-hydrogen) atoms. The molecule has 0 radical (unpaired) electrons. The van der Waals surface area contributed by atoms with Crippen molar-refractivity contribution >= 4 is 21.7 Å². The maximum atomic E-state index is 11.6. The van der Waals surface area contributed by atoms with Crippen molar-refractivity contribution in [2.24, 2.45) is 0 Å². The van der Waals surface area contributed by atoms with Crippen LogP contribution in [-0.4, -0.2) is 55.4 Å². The molecule has 0 bridgehead atoms. The fraction of sp³-hybridized carbons (Fsp3) is 0.778. The van der Waals surface area contributed by atoms with E-state index in [4.69, 9.17) is 5.11 Å². The van der Waals surface area contributed by atoms with Gasteiger partial charge in [0.05, 0.1) is 17.4 Å². The van der Waals surface area contributed by atoms with Gasteiger partial charge in [0.15, 0.2) is 9.84 Å². The van der Waals surface area contributed by atoms with Crippen molar-refractivity contribution in [1.82, 2.24) is 4.90 Å². The van der Waals surface area contributed by atoms with Gasteiger partial charge >= 0.3 is 5.97 Å². The van der Waals surface area contributed by atoms with Crippen molar-refractivity contribution in [3.63, 3.8) is 0 Å². The zero-order valence-corrected chi connectivity index (χ0v) is 10.5. The third-order valence-electron chi connectivity index (χ3n) is 2.17. The summed E-state index contributed by atoms with van der Waals surface area (Å²) in [5.41, 5.74) is 0. The zero-order chi connectivity index (χ0) is 12.9. The molecule has 7 heteroatoms. The molecule has 94 valence electrons. The topological polar surface area (TPSA) is 91.7 Å². The molecule has 0 aromatic heterocycles. The second kappa shape index (κ2) is 5.83. The maximum Gasteiger partial charge on any atom is 0.304 e. The molecule has 0 aromatic carbocycles. The molecule has 0 rings (SSSR count). The normalized spacial score (nSPS) is 13.2. The second-order valence-corrected chi connectivity index (χ2v) is 6.35. The Bertz CT molecular complexity index is 360. The lowest BCUT2D eigenvalue weighted by atomic mass is 10.3. The molecular weight excluding hydrogens is 234 g/mol. The van der Waals surface area contributed by atoms with E-state index in [-0.39, 0.29) is 18.1 Å². The minimum atomic E-state index is -3.51. The van der Waals surface area contributed by atoms with E-state index in [1.54, 1.807) is 0 Å². The summed E-state index contributed by atoms with van der Waals surface area (Å²) in [6, 6.07) is 0. The minimum Gasteiger partial charge on any atom is -0.481 e. The number of rotatable bonds is 6. The fourth-order valence-electron chi connectivity index (χ4n) is 1.03. The van der Waals surface area contributed by atoms with E-state index < -0.39 is 27.5 Å². The van der Waals surface area contributed by atoms with Crippen molar-refractivity contribution in [2.45, 2.75) is 25.0 Å². The van der Waals surface area contributed by atoms with Crippen LogP contribution in [0.15, 0.2) is 0 Å². The molecule has 0 saturated heterocycles. The number of carboxylic acid groups (broad SMARTS) is 1. The molecule has 0 fully saturated rings. The first kappa shape index (κ1) is 14.9. The Morgan fingerprint density at radius 2 is 1.81 bits per heavy atom. The third kappa shape index (κ3) is 5.11. The number of hydrogen-bond donors (Lipinski definition) is 1. The van der Waals surface area contributed by atoms with Crippen LogP contribution in [-0.2, 0) is 19.4 Å². The molecule has 0 spiro atoms. The molecule has 1 atom stereocenters. The number of carbonyl (C=O) groups is 2. The summed E-state index contributed by atoms with van der Waals surface area (Å²) in [5.74, 6) is -1.75. The SMILES string of the molecule is CC(CC(=O)O)S(=O)(=O)CCC(=O)N(C)C. The summed E-state index contributed by atoms with van der Waals surface area (Å²) in [5, 5.41) is 7.51. The van der Waals surface area contributed by atoms with Crippen LogP contribution in [0.4, 0.5) is 0 Å². The Balaban J connectivity index is 4.36. The van der Waals surface area contributed by atoms with Crippen LogP contribution in [0.25, 0.3) is 0 Å². The molecule has 0 heterocycles. The van der Waals surface area contributed by atoms with E-state index in [1.165, 1.54) is 25.9 Å². The summed E-state index contributed by atoms with van der Waals surface area (Å²) < 4.78 is 23.1. The molecule has 0 aliphatic rings. The van der Waals surface area contributed by atoms with Gasteiger partial charge in [-0.2, -0.15) is 0 Å². The molecule has 0 aromatic rings. The van der Waals surface area contributed by atoms with Crippen molar-refractivity contribution in [1.29, 1.82) is 0 Å². The first-order valence-electron chi connectivity index (χ1n) is 4.80. The lowest BCUT2D eigenvalue weighted by molar-refractivity contribution is -0.137. The van der Waals surface area contributed by atoms with E-state index in [1.807, 2.05) is 0 Å². The number of aliphatic carboxylic acids is 1. The van der Waals surface area contributed by atoms with Gasteiger partial charge in [0.25, 0.3) is 0 Å². The van der Waals surface area contributed by atoms with Gasteiger partial charge in [0, 0.05) is 20.5 Å². The van der Waals surface area contributed by atoms with Gasteiger partial charge in [-0.3, -0.25) is 9.59 Å². The van der Waals surface area contributed by atoms with Gasteiger partial charge in [-0.15, -0.1) is 0 Å².